The number of nitrogens with zero attached hydrogens (tertiary/aromatic N) is 3. The van der Waals surface area contributed by atoms with Gasteiger partial charge in [0, 0.05) is 30.8 Å². The van der Waals surface area contributed by atoms with Crippen molar-refractivity contribution >= 4 is 11.6 Å². The zero-order valence-corrected chi connectivity index (χ0v) is 13.4. The molecule has 2 aromatic rings. The molecule has 1 amide bonds. The summed E-state index contributed by atoms with van der Waals surface area (Å²) in [5.41, 5.74) is 3.77. The smallest absolute Gasteiger partial charge is 0.270 e. The number of rotatable bonds is 4. The minimum Gasteiger partial charge on any atom is -0.334 e. The van der Waals surface area contributed by atoms with Crippen LogP contribution in [0.15, 0.2) is 30.3 Å². The number of amides is 1. The Kier molecular flexibility index (Phi) is 3.33. The fourth-order valence-electron chi connectivity index (χ4n) is 3.28. The average molecular weight is 323 g/mol. The number of nitro groups is 1. The van der Waals surface area contributed by atoms with Crippen LogP contribution in [0.4, 0.5) is 5.69 Å². The zero-order valence-electron chi connectivity index (χ0n) is 13.4. The summed E-state index contributed by atoms with van der Waals surface area (Å²) in [6.07, 6.45) is 2.41. The van der Waals surface area contributed by atoms with E-state index in [1.54, 1.807) is 12.1 Å². The predicted octanol–water partition coefficient (Wildman–Crippen LogP) is 3.33. The van der Waals surface area contributed by atoms with Gasteiger partial charge in [0.15, 0.2) is 0 Å². The molecule has 1 fully saturated rings. The third kappa shape index (κ3) is 2.54. The Morgan fingerprint density at radius 1 is 1.33 bits per heavy atom. The second-order valence-electron chi connectivity index (χ2n) is 6.56. The molecule has 1 saturated carbocycles. The van der Waals surface area contributed by atoms with E-state index < -0.39 is 4.92 Å². The molecule has 0 bridgehead atoms. The minimum absolute atomic E-state index is 0.0406. The summed E-state index contributed by atoms with van der Waals surface area (Å²) in [6, 6.07) is 8.34. The summed E-state index contributed by atoms with van der Waals surface area (Å²) >= 11 is 0. The topological polar surface area (TPSA) is 76.3 Å². The highest BCUT2D eigenvalue weighted by atomic mass is 16.6. The second kappa shape index (κ2) is 5.40. The van der Waals surface area contributed by atoms with Crippen molar-refractivity contribution in [3.63, 3.8) is 0 Å². The standard InChI is InChI=1S/C18H17N3O3/c1-11-17-14(10-20(18(17)22)9-12-5-6-12)8-16(19-11)13-3-2-4-15(7-13)21(23)24/h2-4,7-8,12H,5-6,9-10H2,1H3. The van der Waals surface area contributed by atoms with Crippen molar-refractivity contribution in [2.45, 2.75) is 26.3 Å². The van der Waals surface area contributed by atoms with Gasteiger partial charge in [-0.05, 0) is 37.3 Å². The van der Waals surface area contributed by atoms with Crippen LogP contribution in [-0.2, 0) is 6.54 Å². The van der Waals surface area contributed by atoms with Crippen LogP contribution in [-0.4, -0.2) is 27.3 Å². The van der Waals surface area contributed by atoms with Gasteiger partial charge in [-0.2, -0.15) is 0 Å². The lowest BCUT2D eigenvalue weighted by molar-refractivity contribution is -0.384. The summed E-state index contributed by atoms with van der Waals surface area (Å²) in [5, 5.41) is 11.0. The largest absolute Gasteiger partial charge is 0.334 e. The van der Waals surface area contributed by atoms with Crippen molar-refractivity contribution in [3.05, 3.63) is 57.3 Å². The van der Waals surface area contributed by atoms with Crippen LogP contribution in [0.5, 0.6) is 0 Å². The quantitative estimate of drug-likeness (QED) is 0.639. The molecule has 6 heteroatoms. The lowest BCUT2D eigenvalue weighted by Gasteiger charge is -2.14. The minimum atomic E-state index is -0.412. The van der Waals surface area contributed by atoms with E-state index in [1.165, 1.54) is 25.0 Å². The number of nitro benzene ring substituents is 1. The maximum atomic E-state index is 12.6. The molecule has 2 aliphatic rings. The van der Waals surface area contributed by atoms with Crippen molar-refractivity contribution in [1.29, 1.82) is 0 Å². The van der Waals surface area contributed by atoms with Crippen molar-refractivity contribution in [2.24, 2.45) is 5.92 Å². The first-order valence-electron chi connectivity index (χ1n) is 8.07. The van der Waals surface area contributed by atoms with Gasteiger partial charge in [-0.25, -0.2) is 0 Å². The lowest BCUT2D eigenvalue weighted by Crippen LogP contribution is -2.26. The summed E-state index contributed by atoms with van der Waals surface area (Å²) < 4.78 is 0. The van der Waals surface area contributed by atoms with E-state index in [1.807, 2.05) is 17.9 Å². The Hall–Kier alpha value is -2.76. The Bertz CT molecular complexity index is 859. The van der Waals surface area contributed by atoms with E-state index >= 15 is 0 Å². The molecule has 1 aromatic carbocycles. The summed E-state index contributed by atoms with van der Waals surface area (Å²) in [5.74, 6) is 0.709. The Balaban J connectivity index is 1.71. The summed E-state index contributed by atoms with van der Waals surface area (Å²) in [4.78, 5) is 29.5. The van der Waals surface area contributed by atoms with Crippen molar-refractivity contribution < 1.29 is 9.72 Å². The Morgan fingerprint density at radius 3 is 2.83 bits per heavy atom. The first-order chi connectivity index (χ1) is 11.5. The highest BCUT2D eigenvalue weighted by molar-refractivity contribution is 5.99. The molecule has 24 heavy (non-hydrogen) atoms. The number of hydrogen-bond donors (Lipinski definition) is 0. The third-order valence-corrected chi connectivity index (χ3v) is 4.67. The normalized spacial score (nSPS) is 16.4. The van der Waals surface area contributed by atoms with Gasteiger partial charge < -0.3 is 4.90 Å². The van der Waals surface area contributed by atoms with Gasteiger partial charge in [-0.1, -0.05) is 12.1 Å². The molecule has 4 rings (SSSR count). The first-order valence-corrected chi connectivity index (χ1v) is 8.07. The maximum absolute atomic E-state index is 12.6. The van der Waals surface area contributed by atoms with E-state index in [0.29, 0.717) is 35.0 Å². The predicted molar refractivity (Wildman–Crippen MR) is 88.5 cm³/mol. The fraction of sp³-hybridized carbons (Fsp3) is 0.333. The zero-order chi connectivity index (χ0) is 16.8. The Morgan fingerprint density at radius 2 is 2.12 bits per heavy atom. The van der Waals surface area contributed by atoms with Gasteiger partial charge in [0.25, 0.3) is 11.6 Å². The van der Waals surface area contributed by atoms with Gasteiger partial charge >= 0.3 is 0 Å². The molecule has 0 unspecified atom stereocenters. The molecule has 0 spiro atoms. The molecule has 0 radical (unpaired) electrons. The lowest BCUT2D eigenvalue weighted by atomic mass is 10.0. The molecular formula is C18H17N3O3. The molecule has 0 N–H and O–H groups in total. The van der Waals surface area contributed by atoms with Gasteiger partial charge in [0.2, 0.25) is 0 Å². The number of fused-ring (bicyclic) bond motifs is 1. The van der Waals surface area contributed by atoms with E-state index in [9.17, 15) is 14.9 Å². The molecule has 122 valence electrons. The molecular weight excluding hydrogens is 306 g/mol. The number of aryl methyl sites for hydroxylation is 1. The fourth-order valence-corrected chi connectivity index (χ4v) is 3.28. The van der Waals surface area contributed by atoms with Crippen LogP contribution in [0.25, 0.3) is 11.3 Å². The van der Waals surface area contributed by atoms with Crippen LogP contribution in [0, 0.1) is 23.0 Å². The van der Waals surface area contributed by atoms with Gasteiger partial charge in [0.05, 0.1) is 21.9 Å². The SMILES string of the molecule is Cc1nc(-c2cccc([N+](=O)[O-])c2)cc2c1C(=O)N(CC1CC1)C2. The molecule has 0 saturated heterocycles. The van der Waals surface area contributed by atoms with Gasteiger partial charge in [0.1, 0.15) is 0 Å². The summed E-state index contributed by atoms with van der Waals surface area (Å²) in [7, 11) is 0. The summed E-state index contributed by atoms with van der Waals surface area (Å²) in [6.45, 7) is 3.26. The van der Waals surface area contributed by atoms with E-state index in [4.69, 9.17) is 0 Å². The van der Waals surface area contributed by atoms with Gasteiger partial charge in [-0.15, -0.1) is 0 Å². The number of pyridine rings is 1. The van der Waals surface area contributed by atoms with Crippen LogP contribution < -0.4 is 0 Å². The van der Waals surface area contributed by atoms with Crippen molar-refractivity contribution in [1.82, 2.24) is 9.88 Å². The number of aromatic nitrogens is 1. The van der Waals surface area contributed by atoms with Crippen molar-refractivity contribution in [2.75, 3.05) is 6.54 Å². The number of non-ortho nitro benzene ring substituents is 1. The highest BCUT2D eigenvalue weighted by Crippen LogP contribution is 2.35. The Labute approximate surface area is 139 Å². The third-order valence-electron chi connectivity index (χ3n) is 4.67. The maximum Gasteiger partial charge on any atom is 0.270 e. The van der Waals surface area contributed by atoms with Crippen LogP contribution in [0.2, 0.25) is 0 Å². The number of carbonyl (C=O) groups is 1. The average Bonchev–Trinajstić information content (AvgIpc) is 3.31. The molecule has 1 aliphatic heterocycles. The number of hydrogen-bond acceptors (Lipinski definition) is 4. The monoisotopic (exact) mass is 323 g/mol. The van der Waals surface area contributed by atoms with E-state index in [2.05, 4.69) is 4.98 Å². The number of benzene rings is 1. The molecule has 1 aromatic heterocycles. The molecule has 0 atom stereocenters. The van der Waals surface area contributed by atoms with E-state index in [0.717, 1.165) is 12.1 Å². The molecule has 6 nitrogen and oxygen atoms in total. The molecule has 2 heterocycles. The number of carbonyl (C=O) groups excluding carboxylic acids is 1. The van der Waals surface area contributed by atoms with Crippen LogP contribution >= 0.6 is 0 Å². The second-order valence-corrected chi connectivity index (χ2v) is 6.56. The van der Waals surface area contributed by atoms with Crippen LogP contribution in [0.1, 0.15) is 34.5 Å². The van der Waals surface area contributed by atoms with Gasteiger partial charge in [-0.3, -0.25) is 19.9 Å². The highest BCUT2D eigenvalue weighted by Gasteiger charge is 2.34. The molecule has 1 aliphatic carbocycles. The van der Waals surface area contributed by atoms with E-state index in [-0.39, 0.29) is 11.6 Å². The van der Waals surface area contributed by atoms with Crippen LogP contribution in [0.3, 0.4) is 0 Å². The first kappa shape index (κ1) is 14.8. The van der Waals surface area contributed by atoms with Crippen molar-refractivity contribution in [3.8, 4) is 11.3 Å².